The zero-order valence-corrected chi connectivity index (χ0v) is 20.9. The van der Waals surface area contributed by atoms with E-state index >= 15 is 0 Å². The summed E-state index contributed by atoms with van der Waals surface area (Å²) in [5, 5.41) is 11.3. The van der Waals surface area contributed by atoms with Gasteiger partial charge in [-0.3, -0.25) is 14.9 Å². The third-order valence-electron chi connectivity index (χ3n) is 5.88. The smallest absolute Gasteiger partial charge is 0.335 e. The quantitative estimate of drug-likeness (QED) is 0.316. The van der Waals surface area contributed by atoms with E-state index in [2.05, 4.69) is 5.32 Å². The molecule has 194 valence electrons. The summed E-state index contributed by atoms with van der Waals surface area (Å²) in [7, 11) is 0. The Morgan fingerprint density at radius 3 is 2.21 bits per heavy atom. The van der Waals surface area contributed by atoms with Crippen LogP contribution < -0.4 is 19.7 Å². The molecule has 0 bridgehead atoms. The average molecular weight is 515 g/mol. The number of carboxylic acids is 1. The molecule has 38 heavy (non-hydrogen) atoms. The van der Waals surface area contributed by atoms with Gasteiger partial charge < -0.3 is 14.6 Å². The Balaban J connectivity index is 1.57. The van der Waals surface area contributed by atoms with Gasteiger partial charge >= 0.3 is 12.0 Å². The first-order chi connectivity index (χ1) is 18.3. The molecule has 0 aliphatic carbocycles. The Morgan fingerprint density at radius 2 is 1.58 bits per heavy atom. The van der Waals surface area contributed by atoms with Gasteiger partial charge in [-0.25, -0.2) is 14.5 Å². The van der Waals surface area contributed by atoms with Gasteiger partial charge in [0.25, 0.3) is 11.8 Å². The lowest BCUT2D eigenvalue weighted by molar-refractivity contribution is -0.122. The molecular formula is C29H26N2O7. The first-order valence-corrected chi connectivity index (χ1v) is 12.0. The normalized spacial score (nSPS) is 14.4. The number of benzene rings is 3. The van der Waals surface area contributed by atoms with Crippen LogP contribution in [0.2, 0.25) is 0 Å². The molecular weight excluding hydrogens is 488 g/mol. The highest BCUT2D eigenvalue weighted by Gasteiger charge is 2.36. The van der Waals surface area contributed by atoms with E-state index < -0.39 is 23.8 Å². The minimum atomic E-state index is -1.01. The molecule has 0 spiro atoms. The van der Waals surface area contributed by atoms with Crippen LogP contribution in [0.15, 0.2) is 72.3 Å². The number of rotatable bonds is 9. The molecule has 9 nitrogen and oxygen atoms in total. The van der Waals surface area contributed by atoms with Crippen LogP contribution in [0.3, 0.4) is 0 Å². The van der Waals surface area contributed by atoms with E-state index in [1.54, 1.807) is 42.5 Å². The highest BCUT2D eigenvalue weighted by atomic mass is 16.5. The third-order valence-corrected chi connectivity index (χ3v) is 5.88. The van der Waals surface area contributed by atoms with Crippen molar-refractivity contribution in [1.29, 1.82) is 0 Å². The standard InChI is InChI=1S/C29H26N2O7/c1-3-18-7-12-22(13-8-18)31-27(33)23(26(32)30-29(31)36)15-20-9-14-24(25(16-20)37-4-2)38-17-19-5-10-21(11-6-19)28(34)35/h5-16H,3-4,17H2,1-2H3,(H,34,35)(H,30,32,36)/b23-15-. The fourth-order valence-corrected chi connectivity index (χ4v) is 3.85. The Labute approximate surface area is 219 Å². The third kappa shape index (κ3) is 5.73. The molecule has 4 amide bonds. The lowest BCUT2D eigenvalue weighted by atomic mass is 10.1. The largest absolute Gasteiger partial charge is 0.490 e. The molecule has 1 heterocycles. The maximum absolute atomic E-state index is 13.2. The molecule has 1 aliphatic rings. The number of aryl methyl sites for hydroxylation is 1. The number of carboxylic acid groups (broad SMARTS) is 1. The van der Waals surface area contributed by atoms with Crippen molar-refractivity contribution < 1.29 is 33.8 Å². The molecule has 0 atom stereocenters. The first kappa shape index (κ1) is 26.2. The molecule has 4 rings (SSSR count). The minimum Gasteiger partial charge on any atom is -0.490 e. The van der Waals surface area contributed by atoms with Crippen LogP contribution in [0.1, 0.15) is 40.9 Å². The molecule has 0 radical (unpaired) electrons. The van der Waals surface area contributed by atoms with Crippen molar-refractivity contribution in [2.45, 2.75) is 26.9 Å². The Morgan fingerprint density at radius 1 is 0.895 bits per heavy atom. The number of hydrogen-bond acceptors (Lipinski definition) is 6. The molecule has 9 heteroatoms. The number of carbonyl (C=O) groups is 4. The van der Waals surface area contributed by atoms with Crippen LogP contribution >= 0.6 is 0 Å². The van der Waals surface area contributed by atoms with Gasteiger partial charge in [0.2, 0.25) is 0 Å². The maximum atomic E-state index is 13.2. The van der Waals surface area contributed by atoms with Crippen molar-refractivity contribution >= 4 is 35.6 Å². The monoisotopic (exact) mass is 514 g/mol. The highest BCUT2D eigenvalue weighted by molar-refractivity contribution is 6.39. The molecule has 0 unspecified atom stereocenters. The van der Waals surface area contributed by atoms with Gasteiger partial charge in [-0.15, -0.1) is 0 Å². The number of aromatic carboxylic acids is 1. The van der Waals surface area contributed by atoms with Crippen LogP contribution in [0.5, 0.6) is 11.5 Å². The average Bonchev–Trinajstić information content (AvgIpc) is 2.91. The summed E-state index contributed by atoms with van der Waals surface area (Å²) < 4.78 is 11.6. The maximum Gasteiger partial charge on any atom is 0.335 e. The van der Waals surface area contributed by atoms with E-state index in [-0.39, 0.29) is 17.7 Å². The van der Waals surface area contributed by atoms with Crippen LogP contribution in [0.25, 0.3) is 6.08 Å². The summed E-state index contributed by atoms with van der Waals surface area (Å²) in [4.78, 5) is 50.2. The molecule has 1 saturated heterocycles. The van der Waals surface area contributed by atoms with Crippen molar-refractivity contribution in [1.82, 2.24) is 5.32 Å². The number of barbiturate groups is 1. The van der Waals surface area contributed by atoms with E-state index in [4.69, 9.17) is 14.6 Å². The predicted octanol–water partition coefficient (Wildman–Crippen LogP) is 4.59. The predicted molar refractivity (Wildman–Crippen MR) is 140 cm³/mol. The summed E-state index contributed by atoms with van der Waals surface area (Å²) in [6, 6.07) is 17.4. The van der Waals surface area contributed by atoms with Crippen molar-refractivity contribution in [3.05, 3.63) is 94.6 Å². The lowest BCUT2D eigenvalue weighted by Crippen LogP contribution is -2.54. The fourth-order valence-electron chi connectivity index (χ4n) is 3.85. The lowest BCUT2D eigenvalue weighted by Gasteiger charge is -2.26. The number of hydrogen-bond donors (Lipinski definition) is 2. The zero-order valence-electron chi connectivity index (χ0n) is 20.9. The summed E-state index contributed by atoms with van der Waals surface area (Å²) in [5.74, 6) is -1.69. The van der Waals surface area contributed by atoms with E-state index in [1.807, 2.05) is 26.0 Å². The Hall–Kier alpha value is -4.92. The molecule has 1 fully saturated rings. The molecule has 0 aromatic heterocycles. The first-order valence-electron chi connectivity index (χ1n) is 12.0. The molecule has 1 aliphatic heterocycles. The number of amides is 4. The zero-order chi connectivity index (χ0) is 27.2. The van der Waals surface area contributed by atoms with Crippen LogP contribution in [0.4, 0.5) is 10.5 Å². The number of nitrogens with one attached hydrogen (secondary N) is 1. The second kappa shape index (κ2) is 11.4. The summed E-state index contributed by atoms with van der Waals surface area (Å²) in [6.45, 7) is 4.33. The number of anilines is 1. The topological polar surface area (TPSA) is 122 Å². The van der Waals surface area contributed by atoms with Crippen molar-refractivity contribution in [2.75, 3.05) is 11.5 Å². The Bertz CT molecular complexity index is 1410. The van der Waals surface area contributed by atoms with Crippen LogP contribution in [-0.2, 0) is 22.6 Å². The molecule has 3 aromatic rings. The number of carbonyl (C=O) groups excluding carboxylic acids is 3. The SMILES string of the molecule is CCOc1cc(/C=C2/C(=O)NC(=O)N(c3ccc(CC)cc3)C2=O)ccc1OCc1ccc(C(=O)O)cc1. The van der Waals surface area contributed by atoms with Gasteiger partial charge in [-0.05, 0) is 72.5 Å². The minimum absolute atomic E-state index is 0.176. The van der Waals surface area contributed by atoms with Crippen LogP contribution in [0, 0.1) is 0 Å². The van der Waals surface area contributed by atoms with E-state index in [0.29, 0.717) is 29.4 Å². The molecule has 0 saturated carbocycles. The summed E-state index contributed by atoms with van der Waals surface area (Å²) in [6.07, 6.45) is 2.21. The van der Waals surface area contributed by atoms with Crippen molar-refractivity contribution in [3.63, 3.8) is 0 Å². The number of urea groups is 1. The second-order valence-electron chi connectivity index (χ2n) is 8.41. The Kier molecular flexibility index (Phi) is 7.86. The highest BCUT2D eigenvalue weighted by Crippen LogP contribution is 2.31. The van der Waals surface area contributed by atoms with Gasteiger partial charge in [-0.1, -0.05) is 37.3 Å². The van der Waals surface area contributed by atoms with Crippen molar-refractivity contribution in [2.24, 2.45) is 0 Å². The molecule has 3 aromatic carbocycles. The van der Waals surface area contributed by atoms with Crippen LogP contribution in [-0.4, -0.2) is 35.5 Å². The van der Waals surface area contributed by atoms with Crippen molar-refractivity contribution in [3.8, 4) is 11.5 Å². The van der Waals surface area contributed by atoms with Gasteiger partial charge in [0.15, 0.2) is 11.5 Å². The van der Waals surface area contributed by atoms with Gasteiger partial charge in [0, 0.05) is 0 Å². The van der Waals surface area contributed by atoms with Gasteiger partial charge in [-0.2, -0.15) is 0 Å². The second-order valence-corrected chi connectivity index (χ2v) is 8.41. The van der Waals surface area contributed by atoms with Gasteiger partial charge in [0.1, 0.15) is 12.2 Å². The van der Waals surface area contributed by atoms with E-state index in [9.17, 15) is 19.2 Å². The summed E-state index contributed by atoms with van der Waals surface area (Å²) in [5.41, 5.74) is 2.66. The fraction of sp³-hybridized carbons (Fsp3) is 0.172. The van der Waals surface area contributed by atoms with E-state index in [0.717, 1.165) is 22.4 Å². The number of ether oxygens (including phenoxy) is 2. The van der Waals surface area contributed by atoms with Gasteiger partial charge in [0.05, 0.1) is 17.9 Å². The number of nitrogens with zero attached hydrogens (tertiary/aromatic N) is 1. The number of imide groups is 2. The summed E-state index contributed by atoms with van der Waals surface area (Å²) >= 11 is 0. The molecule has 2 N–H and O–H groups in total. The van der Waals surface area contributed by atoms with E-state index in [1.165, 1.54) is 18.2 Å².